The number of ether oxygens (including phenoxy) is 1. The van der Waals surface area contributed by atoms with Crippen molar-refractivity contribution in [2.24, 2.45) is 5.73 Å². The number of primary amides is 1. The van der Waals surface area contributed by atoms with Crippen molar-refractivity contribution in [3.63, 3.8) is 0 Å². The summed E-state index contributed by atoms with van der Waals surface area (Å²) in [6.07, 6.45) is 1.95. The first-order valence-electron chi connectivity index (χ1n) is 5.25. The van der Waals surface area contributed by atoms with Gasteiger partial charge < -0.3 is 10.5 Å². The number of amides is 1. The van der Waals surface area contributed by atoms with Crippen molar-refractivity contribution in [2.75, 3.05) is 13.2 Å². The van der Waals surface area contributed by atoms with Gasteiger partial charge in [-0.15, -0.1) is 0 Å². The number of nitrogens with two attached hydrogens (primary N) is 1. The Kier molecular flexibility index (Phi) is 3.02. The monoisotopic (exact) mass is 205 g/mol. The van der Waals surface area contributed by atoms with Crippen molar-refractivity contribution >= 4 is 5.91 Å². The van der Waals surface area contributed by atoms with Crippen molar-refractivity contribution in [1.82, 2.24) is 0 Å². The van der Waals surface area contributed by atoms with E-state index in [0.717, 1.165) is 31.6 Å². The molecular weight excluding hydrogens is 190 g/mol. The minimum absolute atomic E-state index is 0.336. The quantitative estimate of drug-likeness (QED) is 0.798. The fraction of sp³-hybridized carbons (Fsp3) is 0.417. The summed E-state index contributed by atoms with van der Waals surface area (Å²) >= 11 is 0. The van der Waals surface area contributed by atoms with Crippen LogP contribution in [0.2, 0.25) is 0 Å². The molecule has 1 amide bonds. The van der Waals surface area contributed by atoms with Gasteiger partial charge in [0.1, 0.15) is 0 Å². The maximum atomic E-state index is 11.3. The third-order valence-electron chi connectivity index (χ3n) is 2.89. The zero-order valence-corrected chi connectivity index (χ0v) is 8.61. The molecule has 0 atom stereocenters. The summed E-state index contributed by atoms with van der Waals surface area (Å²) in [5.41, 5.74) is 7.09. The lowest BCUT2D eigenvalue weighted by Gasteiger charge is -2.23. The molecule has 1 aliphatic rings. The zero-order valence-electron chi connectivity index (χ0n) is 8.61. The molecule has 0 aromatic heterocycles. The Labute approximate surface area is 89.2 Å². The molecule has 0 radical (unpaired) electrons. The molecule has 3 nitrogen and oxygen atoms in total. The Morgan fingerprint density at radius 3 is 2.60 bits per heavy atom. The summed E-state index contributed by atoms with van der Waals surface area (Å²) in [5, 5.41) is 0. The first-order valence-corrected chi connectivity index (χ1v) is 5.25. The molecule has 1 aromatic carbocycles. The Bertz CT molecular complexity index is 356. The van der Waals surface area contributed by atoms with E-state index < -0.39 is 0 Å². The van der Waals surface area contributed by atoms with E-state index in [1.165, 1.54) is 0 Å². The molecule has 1 heterocycles. The van der Waals surface area contributed by atoms with E-state index in [9.17, 15) is 4.79 Å². The Hall–Kier alpha value is -1.35. The predicted molar refractivity (Wildman–Crippen MR) is 57.8 cm³/mol. The standard InChI is InChI=1S/C12H15NO2/c13-12(14)11-4-2-1-3-10(11)9-5-7-15-8-6-9/h1-4,9H,5-8H2,(H2,13,14). The molecule has 1 saturated heterocycles. The summed E-state index contributed by atoms with van der Waals surface area (Å²) in [4.78, 5) is 11.3. The molecule has 2 rings (SSSR count). The average Bonchev–Trinajstić information content (AvgIpc) is 2.30. The van der Waals surface area contributed by atoms with Gasteiger partial charge in [0.25, 0.3) is 0 Å². The summed E-state index contributed by atoms with van der Waals surface area (Å²) in [6, 6.07) is 7.60. The zero-order chi connectivity index (χ0) is 10.7. The summed E-state index contributed by atoms with van der Waals surface area (Å²) < 4.78 is 5.31. The van der Waals surface area contributed by atoms with Crippen LogP contribution in [0.3, 0.4) is 0 Å². The van der Waals surface area contributed by atoms with E-state index in [4.69, 9.17) is 10.5 Å². The SMILES string of the molecule is NC(=O)c1ccccc1C1CCOCC1. The molecule has 3 heteroatoms. The van der Waals surface area contributed by atoms with Crippen LogP contribution in [0.1, 0.15) is 34.7 Å². The molecule has 0 aliphatic carbocycles. The van der Waals surface area contributed by atoms with Crippen molar-refractivity contribution < 1.29 is 9.53 Å². The first kappa shape index (κ1) is 10.2. The second-order valence-corrected chi connectivity index (χ2v) is 3.84. The molecule has 0 spiro atoms. The summed E-state index contributed by atoms with van der Waals surface area (Å²) in [5.74, 6) is 0.0829. The van der Waals surface area contributed by atoms with Crippen molar-refractivity contribution in [1.29, 1.82) is 0 Å². The van der Waals surface area contributed by atoms with Gasteiger partial charge in [0, 0.05) is 18.8 Å². The molecule has 1 fully saturated rings. The Morgan fingerprint density at radius 1 is 1.27 bits per heavy atom. The van der Waals surface area contributed by atoms with Gasteiger partial charge in [-0.2, -0.15) is 0 Å². The fourth-order valence-corrected chi connectivity index (χ4v) is 2.09. The fourth-order valence-electron chi connectivity index (χ4n) is 2.09. The number of hydrogen-bond donors (Lipinski definition) is 1. The van der Waals surface area contributed by atoms with Crippen molar-refractivity contribution in [3.8, 4) is 0 Å². The van der Waals surface area contributed by atoms with Crippen LogP contribution in [-0.4, -0.2) is 19.1 Å². The van der Waals surface area contributed by atoms with Gasteiger partial charge in [0.2, 0.25) is 5.91 Å². The molecule has 1 aliphatic heterocycles. The van der Waals surface area contributed by atoms with Crippen LogP contribution in [0.4, 0.5) is 0 Å². The minimum Gasteiger partial charge on any atom is -0.381 e. The molecule has 1 aromatic rings. The van der Waals surface area contributed by atoms with Gasteiger partial charge in [-0.05, 0) is 30.4 Å². The third-order valence-corrected chi connectivity index (χ3v) is 2.89. The lowest BCUT2D eigenvalue weighted by atomic mass is 9.88. The van der Waals surface area contributed by atoms with E-state index in [0.29, 0.717) is 11.5 Å². The maximum absolute atomic E-state index is 11.3. The van der Waals surface area contributed by atoms with Gasteiger partial charge >= 0.3 is 0 Å². The Balaban J connectivity index is 2.29. The number of hydrogen-bond acceptors (Lipinski definition) is 2. The van der Waals surface area contributed by atoms with E-state index in [1.54, 1.807) is 6.07 Å². The van der Waals surface area contributed by atoms with E-state index >= 15 is 0 Å². The molecule has 80 valence electrons. The lowest BCUT2D eigenvalue weighted by molar-refractivity contribution is 0.0845. The first-order chi connectivity index (χ1) is 7.29. The maximum Gasteiger partial charge on any atom is 0.248 e. The van der Waals surface area contributed by atoms with Gasteiger partial charge in [0.05, 0.1) is 0 Å². The molecule has 0 unspecified atom stereocenters. The highest BCUT2D eigenvalue weighted by atomic mass is 16.5. The van der Waals surface area contributed by atoms with Crippen LogP contribution >= 0.6 is 0 Å². The summed E-state index contributed by atoms with van der Waals surface area (Å²) in [7, 11) is 0. The Morgan fingerprint density at radius 2 is 1.93 bits per heavy atom. The number of carbonyl (C=O) groups is 1. The second kappa shape index (κ2) is 4.45. The third kappa shape index (κ3) is 2.18. The van der Waals surface area contributed by atoms with E-state index in [1.807, 2.05) is 18.2 Å². The highest BCUT2D eigenvalue weighted by Gasteiger charge is 2.19. The normalized spacial score (nSPS) is 17.6. The van der Waals surface area contributed by atoms with Crippen LogP contribution < -0.4 is 5.73 Å². The van der Waals surface area contributed by atoms with E-state index in [2.05, 4.69) is 0 Å². The lowest BCUT2D eigenvalue weighted by Crippen LogP contribution is -2.19. The van der Waals surface area contributed by atoms with Crippen LogP contribution in [0.5, 0.6) is 0 Å². The van der Waals surface area contributed by atoms with E-state index in [-0.39, 0.29) is 5.91 Å². The van der Waals surface area contributed by atoms with Crippen LogP contribution in [-0.2, 0) is 4.74 Å². The smallest absolute Gasteiger partial charge is 0.248 e. The van der Waals surface area contributed by atoms with Crippen molar-refractivity contribution in [2.45, 2.75) is 18.8 Å². The number of carbonyl (C=O) groups excluding carboxylic acids is 1. The average molecular weight is 205 g/mol. The molecule has 15 heavy (non-hydrogen) atoms. The summed E-state index contributed by atoms with van der Waals surface area (Å²) in [6.45, 7) is 1.55. The van der Waals surface area contributed by atoms with Gasteiger partial charge in [-0.25, -0.2) is 0 Å². The number of benzene rings is 1. The topological polar surface area (TPSA) is 52.3 Å². The van der Waals surface area contributed by atoms with Gasteiger partial charge in [-0.3, -0.25) is 4.79 Å². The highest BCUT2D eigenvalue weighted by molar-refractivity contribution is 5.94. The molecule has 0 bridgehead atoms. The number of rotatable bonds is 2. The largest absolute Gasteiger partial charge is 0.381 e. The van der Waals surface area contributed by atoms with Crippen LogP contribution in [0.25, 0.3) is 0 Å². The molecule has 2 N–H and O–H groups in total. The van der Waals surface area contributed by atoms with Crippen LogP contribution in [0, 0.1) is 0 Å². The van der Waals surface area contributed by atoms with Gasteiger partial charge in [0.15, 0.2) is 0 Å². The molecule has 0 saturated carbocycles. The van der Waals surface area contributed by atoms with Crippen molar-refractivity contribution in [3.05, 3.63) is 35.4 Å². The second-order valence-electron chi connectivity index (χ2n) is 3.84. The molecular formula is C12H15NO2. The predicted octanol–water partition coefficient (Wildman–Crippen LogP) is 1.68. The van der Waals surface area contributed by atoms with Crippen LogP contribution in [0.15, 0.2) is 24.3 Å². The highest BCUT2D eigenvalue weighted by Crippen LogP contribution is 2.29. The minimum atomic E-state index is -0.336. The van der Waals surface area contributed by atoms with Gasteiger partial charge in [-0.1, -0.05) is 18.2 Å².